The highest BCUT2D eigenvalue weighted by atomic mass is 32.2. The minimum Gasteiger partial charge on any atom is -0.379 e. The molecule has 0 aromatic carbocycles. The number of nitrogens with one attached hydrogen (secondary N) is 1. The molecule has 1 N–H and O–H groups in total. The second kappa shape index (κ2) is 7.37. The van der Waals surface area contributed by atoms with E-state index in [0.717, 1.165) is 32.8 Å². The fraction of sp³-hybridized carbons (Fsp3) is 0.867. The molecule has 0 saturated carbocycles. The Morgan fingerprint density at radius 1 is 1.25 bits per heavy atom. The van der Waals surface area contributed by atoms with Crippen LogP contribution < -0.4 is 5.32 Å². The number of nitrogens with zero attached hydrogens (tertiary/aromatic N) is 2. The van der Waals surface area contributed by atoms with Crippen LogP contribution in [-0.4, -0.2) is 93.5 Å². The summed E-state index contributed by atoms with van der Waals surface area (Å²) in [6.07, 6.45) is 0.684. The normalized spacial score (nSPS) is 30.7. The Kier molecular flexibility index (Phi) is 5.41. The van der Waals surface area contributed by atoms with Gasteiger partial charge in [0.1, 0.15) is 0 Å². The largest absolute Gasteiger partial charge is 0.379 e. The van der Waals surface area contributed by atoms with Gasteiger partial charge in [0.25, 0.3) is 0 Å². The second-order valence-electron chi connectivity index (χ2n) is 6.80. The van der Waals surface area contributed by atoms with Crippen molar-refractivity contribution in [1.29, 1.82) is 0 Å². The smallest absolute Gasteiger partial charge is 0.225 e. The van der Waals surface area contributed by atoms with Crippen LogP contribution in [0.15, 0.2) is 0 Å². The van der Waals surface area contributed by atoms with Gasteiger partial charge in [0, 0.05) is 45.2 Å². The highest BCUT2D eigenvalue weighted by Crippen LogP contribution is 2.19. The molecule has 2 amide bonds. The van der Waals surface area contributed by atoms with E-state index in [0.29, 0.717) is 19.5 Å². The summed E-state index contributed by atoms with van der Waals surface area (Å²) in [5, 5.41) is 2.80. The lowest BCUT2D eigenvalue weighted by molar-refractivity contribution is -0.129. The first kappa shape index (κ1) is 17.6. The second-order valence-corrected chi connectivity index (χ2v) is 9.03. The van der Waals surface area contributed by atoms with E-state index in [2.05, 4.69) is 10.2 Å². The molecule has 3 fully saturated rings. The highest BCUT2D eigenvalue weighted by Gasteiger charge is 2.36. The molecule has 3 rings (SSSR count). The number of carbonyl (C=O) groups is 2. The Balaban J connectivity index is 1.44. The summed E-state index contributed by atoms with van der Waals surface area (Å²) in [6, 6.07) is -0.306. The van der Waals surface area contributed by atoms with Crippen LogP contribution in [-0.2, 0) is 24.2 Å². The Hall–Kier alpha value is -1.19. The van der Waals surface area contributed by atoms with Crippen molar-refractivity contribution in [3.05, 3.63) is 0 Å². The van der Waals surface area contributed by atoms with E-state index in [4.69, 9.17) is 4.74 Å². The number of morpholine rings is 1. The van der Waals surface area contributed by atoms with Crippen molar-refractivity contribution in [2.45, 2.75) is 18.9 Å². The van der Waals surface area contributed by atoms with Gasteiger partial charge in [0.15, 0.2) is 9.84 Å². The molecule has 0 bridgehead atoms. The third-order valence-electron chi connectivity index (χ3n) is 4.95. The molecular formula is C15H25N3O5S. The van der Waals surface area contributed by atoms with Crippen LogP contribution in [0.2, 0.25) is 0 Å². The Labute approximate surface area is 142 Å². The maximum Gasteiger partial charge on any atom is 0.225 e. The third kappa shape index (κ3) is 4.46. The van der Waals surface area contributed by atoms with E-state index in [1.165, 1.54) is 0 Å². The van der Waals surface area contributed by atoms with Crippen LogP contribution in [0.5, 0.6) is 0 Å². The van der Waals surface area contributed by atoms with Crippen LogP contribution in [0.25, 0.3) is 0 Å². The number of amides is 2. The van der Waals surface area contributed by atoms with Crippen molar-refractivity contribution >= 4 is 21.7 Å². The summed E-state index contributed by atoms with van der Waals surface area (Å²) in [7, 11) is -3.02. The fourth-order valence-electron chi connectivity index (χ4n) is 3.48. The van der Waals surface area contributed by atoms with E-state index >= 15 is 0 Å². The minimum atomic E-state index is -3.02. The number of hydrogen-bond donors (Lipinski definition) is 1. The number of carbonyl (C=O) groups excluding carboxylic acids is 2. The molecule has 2 atom stereocenters. The standard InChI is InChI=1S/C15H25N3O5S/c19-14-9-12(15(20)16-13-1-8-24(21,22)11-13)10-18(14)3-2-17-4-6-23-7-5-17/h12-13H,1-11H2,(H,16,20). The van der Waals surface area contributed by atoms with Crippen LogP contribution in [0.1, 0.15) is 12.8 Å². The Morgan fingerprint density at radius 2 is 2.00 bits per heavy atom. The quantitative estimate of drug-likeness (QED) is 0.640. The fourth-order valence-corrected chi connectivity index (χ4v) is 5.15. The molecule has 3 aliphatic heterocycles. The number of likely N-dealkylation sites (tertiary alicyclic amines) is 1. The van der Waals surface area contributed by atoms with Crippen molar-refractivity contribution in [2.75, 3.05) is 57.4 Å². The molecule has 0 aromatic heterocycles. The van der Waals surface area contributed by atoms with Gasteiger partial charge in [-0.05, 0) is 6.42 Å². The molecule has 0 spiro atoms. The zero-order chi connectivity index (χ0) is 17.2. The van der Waals surface area contributed by atoms with Crippen molar-refractivity contribution in [3.63, 3.8) is 0 Å². The Bertz CT molecular complexity index is 588. The molecule has 9 heteroatoms. The maximum absolute atomic E-state index is 12.3. The zero-order valence-electron chi connectivity index (χ0n) is 13.8. The summed E-state index contributed by atoms with van der Waals surface area (Å²) in [5.41, 5.74) is 0. The Morgan fingerprint density at radius 3 is 2.67 bits per heavy atom. The van der Waals surface area contributed by atoms with Crippen LogP contribution in [0.4, 0.5) is 0 Å². The van der Waals surface area contributed by atoms with E-state index in [-0.39, 0.29) is 41.7 Å². The molecular weight excluding hydrogens is 334 g/mol. The molecule has 3 heterocycles. The van der Waals surface area contributed by atoms with Gasteiger partial charge in [-0.15, -0.1) is 0 Å². The predicted molar refractivity (Wildman–Crippen MR) is 87.1 cm³/mol. The molecule has 3 aliphatic rings. The average Bonchev–Trinajstić information content (AvgIpc) is 3.08. The van der Waals surface area contributed by atoms with Crippen LogP contribution >= 0.6 is 0 Å². The third-order valence-corrected chi connectivity index (χ3v) is 6.72. The summed E-state index contributed by atoms with van der Waals surface area (Å²) in [5.74, 6) is -0.417. The van der Waals surface area contributed by atoms with Gasteiger partial charge in [-0.1, -0.05) is 0 Å². The van der Waals surface area contributed by atoms with Gasteiger partial charge in [-0.25, -0.2) is 8.42 Å². The van der Waals surface area contributed by atoms with Gasteiger partial charge < -0.3 is 15.0 Å². The topological polar surface area (TPSA) is 96.0 Å². The number of rotatable bonds is 5. The lowest BCUT2D eigenvalue weighted by Crippen LogP contribution is -2.43. The van der Waals surface area contributed by atoms with Crippen molar-refractivity contribution in [2.24, 2.45) is 5.92 Å². The van der Waals surface area contributed by atoms with Gasteiger partial charge in [-0.3, -0.25) is 14.5 Å². The first-order valence-electron chi connectivity index (χ1n) is 8.51. The highest BCUT2D eigenvalue weighted by molar-refractivity contribution is 7.91. The average molecular weight is 359 g/mol. The first-order chi connectivity index (χ1) is 11.4. The molecule has 2 unspecified atom stereocenters. The van der Waals surface area contributed by atoms with Gasteiger partial charge in [-0.2, -0.15) is 0 Å². The summed E-state index contributed by atoms with van der Waals surface area (Å²) >= 11 is 0. The minimum absolute atomic E-state index is 0.00227. The molecule has 136 valence electrons. The monoisotopic (exact) mass is 359 g/mol. The number of sulfone groups is 1. The zero-order valence-corrected chi connectivity index (χ0v) is 14.6. The van der Waals surface area contributed by atoms with Gasteiger partial charge >= 0.3 is 0 Å². The number of hydrogen-bond acceptors (Lipinski definition) is 6. The summed E-state index contributed by atoms with van der Waals surface area (Å²) in [4.78, 5) is 28.4. The van der Waals surface area contributed by atoms with Gasteiger partial charge in [0.2, 0.25) is 11.8 Å². The van der Waals surface area contributed by atoms with E-state index in [1.54, 1.807) is 4.90 Å². The predicted octanol–water partition coefficient (Wildman–Crippen LogP) is -1.53. The number of ether oxygens (including phenoxy) is 1. The molecule has 24 heavy (non-hydrogen) atoms. The van der Waals surface area contributed by atoms with Crippen molar-refractivity contribution < 1.29 is 22.7 Å². The lowest BCUT2D eigenvalue weighted by atomic mass is 10.1. The molecule has 8 nitrogen and oxygen atoms in total. The van der Waals surface area contributed by atoms with Crippen LogP contribution in [0, 0.1) is 5.92 Å². The molecule has 0 aromatic rings. The van der Waals surface area contributed by atoms with E-state index < -0.39 is 9.84 Å². The van der Waals surface area contributed by atoms with E-state index in [9.17, 15) is 18.0 Å². The lowest BCUT2D eigenvalue weighted by Gasteiger charge is -2.28. The SMILES string of the molecule is O=C(NC1CCS(=O)(=O)C1)C1CC(=O)N(CCN2CCOCC2)C1. The summed E-state index contributed by atoms with van der Waals surface area (Å²) < 4.78 is 28.2. The van der Waals surface area contributed by atoms with Crippen molar-refractivity contribution in [3.8, 4) is 0 Å². The van der Waals surface area contributed by atoms with Crippen molar-refractivity contribution in [1.82, 2.24) is 15.1 Å². The molecule has 0 radical (unpaired) electrons. The van der Waals surface area contributed by atoms with E-state index in [1.807, 2.05) is 0 Å². The molecule has 0 aliphatic carbocycles. The first-order valence-corrected chi connectivity index (χ1v) is 10.3. The maximum atomic E-state index is 12.3. The summed E-state index contributed by atoms with van der Waals surface area (Å²) in [6.45, 7) is 5.05. The molecule has 3 saturated heterocycles. The van der Waals surface area contributed by atoms with Gasteiger partial charge in [0.05, 0.1) is 30.6 Å². The van der Waals surface area contributed by atoms with Crippen LogP contribution in [0.3, 0.4) is 0 Å².